The first-order valence-electron chi connectivity index (χ1n) is 11.6. The van der Waals surface area contributed by atoms with Crippen molar-refractivity contribution in [2.75, 3.05) is 4.90 Å². The molecule has 1 aliphatic heterocycles. The van der Waals surface area contributed by atoms with E-state index in [1.165, 1.54) is 11.1 Å². The number of hydrogen-bond donors (Lipinski definition) is 0. The first kappa shape index (κ1) is 21.2. The van der Waals surface area contributed by atoms with Crippen molar-refractivity contribution in [3.8, 4) is 11.1 Å². The van der Waals surface area contributed by atoms with Gasteiger partial charge in [-0.1, -0.05) is 97.9 Å². The fraction of sp³-hybridized carbons (Fsp3) is 0.194. The van der Waals surface area contributed by atoms with Gasteiger partial charge in [-0.25, -0.2) is 0 Å². The highest BCUT2D eigenvalue weighted by Crippen LogP contribution is 2.50. The number of anilines is 1. The van der Waals surface area contributed by atoms with Crippen LogP contribution in [0.1, 0.15) is 48.7 Å². The molecular formula is C31H29NO. The molecule has 0 aliphatic carbocycles. The maximum Gasteiger partial charge on any atom is 0.258 e. The van der Waals surface area contributed by atoms with Crippen molar-refractivity contribution in [1.29, 1.82) is 0 Å². The Morgan fingerprint density at radius 3 is 1.88 bits per heavy atom. The van der Waals surface area contributed by atoms with Gasteiger partial charge in [0, 0.05) is 22.2 Å². The van der Waals surface area contributed by atoms with Crippen LogP contribution in [0.25, 0.3) is 11.1 Å². The molecule has 0 fully saturated rings. The first-order valence-corrected chi connectivity index (χ1v) is 11.6. The van der Waals surface area contributed by atoms with E-state index in [1.807, 2.05) is 53.4 Å². The van der Waals surface area contributed by atoms with E-state index in [9.17, 15) is 4.79 Å². The Balaban J connectivity index is 1.56. The lowest BCUT2D eigenvalue weighted by Crippen LogP contribution is -2.55. The fourth-order valence-corrected chi connectivity index (χ4v) is 5.51. The van der Waals surface area contributed by atoms with Crippen molar-refractivity contribution >= 4 is 11.6 Å². The Morgan fingerprint density at radius 1 is 0.667 bits per heavy atom. The lowest BCUT2D eigenvalue weighted by atomic mass is 9.65. The summed E-state index contributed by atoms with van der Waals surface area (Å²) in [5.41, 5.74) is 5.93. The Hall–Kier alpha value is -3.65. The van der Waals surface area contributed by atoms with Crippen LogP contribution >= 0.6 is 0 Å². The standard InChI is InChI=1S/C31H29NO/c1-30(2)22-31(3,26-14-8-5-9-15-26)27-16-10-11-17-28(27)32(30)29(33)25-20-18-24(19-21-25)23-12-6-4-7-13-23/h4-21H,22H2,1-3H3/t31-/m1/s1. The summed E-state index contributed by atoms with van der Waals surface area (Å²) < 4.78 is 0. The molecule has 5 rings (SSSR count). The van der Waals surface area contributed by atoms with E-state index in [4.69, 9.17) is 0 Å². The second-order valence-corrected chi connectivity index (χ2v) is 9.79. The van der Waals surface area contributed by atoms with Crippen LogP contribution in [-0.2, 0) is 5.41 Å². The maximum absolute atomic E-state index is 13.9. The molecular weight excluding hydrogens is 402 g/mol. The first-order chi connectivity index (χ1) is 15.9. The zero-order valence-electron chi connectivity index (χ0n) is 19.5. The summed E-state index contributed by atoms with van der Waals surface area (Å²) in [5.74, 6) is 0.0437. The third-order valence-corrected chi connectivity index (χ3v) is 6.98. The van der Waals surface area contributed by atoms with Gasteiger partial charge in [-0.15, -0.1) is 0 Å². The van der Waals surface area contributed by atoms with Gasteiger partial charge in [0.1, 0.15) is 0 Å². The van der Waals surface area contributed by atoms with E-state index in [-0.39, 0.29) is 16.9 Å². The molecule has 4 aromatic rings. The van der Waals surface area contributed by atoms with Crippen molar-refractivity contribution in [1.82, 2.24) is 0 Å². The number of benzene rings is 4. The maximum atomic E-state index is 13.9. The molecule has 1 atom stereocenters. The number of nitrogens with zero attached hydrogens (tertiary/aromatic N) is 1. The van der Waals surface area contributed by atoms with Gasteiger partial charge in [-0.2, -0.15) is 0 Å². The molecule has 2 nitrogen and oxygen atoms in total. The van der Waals surface area contributed by atoms with Crippen LogP contribution in [-0.4, -0.2) is 11.4 Å². The van der Waals surface area contributed by atoms with Crippen molar-refractivity contribution in [3.05, 3.63) is 126 Å². The average Bonchev–Trinajstić information content (AvgIpc) is 2.84. The number of para-hydroxylation sites is 1. The molecule has 1 aliphatic rings. The Morgan fingerprint density at radius 2 is 1.21 bits per heavy atom. The smallest absolute Gasteiger partial charge is 0.258 e. The van der Waals surface area contributed by atoms with Crippen LogP contribution in [0.15, 0.2) is 109 Å². The quantitative estimate of drug-likeness (QED) is 0.329. The molecule has 4 aromatic carbocycles. The third-order valence-electron chi connectivity index (χ3n) is 6.98. The van der Waals surface area contributed by atoms with Crippen molar-refractivity contribution in [2.24, 2.45) is 0 Å². The molecule has 33 heavy (non-hydrogen) atoms. The van der Waals surface area contributed by atoms with E-state index in [0.717, 1.165) is 23.2 Å². The van der Waals surface area contributed by atoms with Crippen molar-refractivity contribution in [2.45, 2.75) is 38.1 Å². The van der Waals surface area contributed by atoms with Gasteiger partial charge < -0.3 is 4.90 Å². The summed E-state index contributed by atoms with van der Waals surface area (Å²) in [5, 5.41) is 0. The molecule has 1 heterocycles. The molecule has 0 aromatic heterocycles. The number of carbonyl (C=O) groups excluding carboxylic acids is 1. The summed E-state index contributed by atoms with van der Waals surface area (Å²) in [6.07, 6.45) is 0.842. The SMILES string of the molecule is CC1(C)C[C@](C)(c2ccccc2)c2ccccc2N1C(=O)c1ccc(-c2ccccc2)cc1. The summed E-state index contributed by atoms with van der Waals surface area (Å²) in [4.78, 5) is 15.9. The van der Waals surface area contributed by atoms with Crippen LogP contribution in [0.5, 0.6) is 0 Å². The highest BCUT2D eigenvalue weighted by Gasteiger charge is 2.47. The molecule has 2 heteroatoms. The van der Waals surface area contributed by atoms with Gasteiger partial charge in [-0.3, -0.25) is 4.79 Å². The molecule has 0 bridgehead atoms. The van der Waals surface area contributed by atoms with Gasteiger partial charge >= 0.3 is 0 Å². The second kappa shape index (κ2) is 8.04. The molecule has 0 radical (unpaired) electrons. The Kier molecular flexibility index (Phi) is 5.17. The summed E-state index contributed by atoms with van der Waals surface area (Å²) in [6.45, 7) is 6.67. The predicted octanol–water partition coefficient (Wildman–Crippen LogP) is 7.49. The Labute approximate surface area is 196 Å². The van der Waals surface area contributed by atoms with Gasteiger partial charge in [0.2, 0.25) is 0 Å². The van der Waals surface area contributed by atoms with E-state index in [2.05, 4.69) is 81.4 Å². The lowest BCUT2D eigenvalue weighted by molar-refractivity contribution is 0.0949. The van der Waals surface area contributed by atoms with Gasteiger partial charge in [0.05, 0.1) is 0 Å². The highest BCUT2D eigenvalue weighted by atomic mass is 16.2. The van der Waals surface area contributed by atoms with Crippen molar-refractivity contribution < 1.29 is 4.79 Å². The minimum Gasteiger partial charge on any atom is -0.302 e. The molecule has 0 unspecified atom stereocenters. The predicted molar refractivity (Wildman–Crippen MR) is 137 cm³/mol. The van der Waals surface area contributed by atoms with E-state index >= 15 is 0 Å². The molecule has 164 valence electrons. The van der Waals surface area contributed by atoms with E-state index in [1.54, 1.807) is 0 Å². The number of amides is 1. The summed E-state index contributed by atoms with van der Waals surface area (Å²) >= 11 is 0. The van der Waals surface area contributed by atoms with Gasteiger partial charge in [-0.05, 0) is 60.7 Å². The summed E-state index contributed by atoms with van der Waals surface area (Å²) in [6, 6.07) is 37.3. The number of carbonyl (C=O) groups is 1. The third kappa shape index (κ3) is 3.66. The van der Waals surface area contributed by atoms with Crippen LogP contribution < -0.4 is 4.90 Å². The minimum absolute atomic E-state index is 0.0437. The van der Waals surface area contributed by atoms with Gasteiger partial charge in [0.15, 0.2) is 0 Å². The number of rotatable bonds is 3. The topological polar surface area (TPSA) is 20.3 Å². The minimum atomic E-state index is -0.353. The average molecular weight is 432 g/mol. The van der Waals surface area contributed by atoms with Crippen molar-refractivity contribution in [3.63, 3.8) is 0 Å². The zero-order valence-corrected chi connectivity index (χ0v) is 19.5. The second-order valence-electron chi connectivity index (χ2n) is 9.79. The molecule has 1 amide bonds. The molecule has 0 saturated carbocycles. The monoisotopic (exact) mass is 431 g/mol. The van der Waals surface area contributed by atoms with Crippen LogP contribution in [0, 0.1) is 0 Å². The summed E-state index contributed by atoms with van der Waals surface area (Å²) in [7, 11) is 0. The van der Waals surface area contributed by atoms with E-state index < -0.39 is 0 Å². The normalized spacial score (nSPS) is 19.1. The van der Waals surface area contributed by atoms with E-state index in [0.29, 0.717) is 5.56 Å². The largest absolute Gasteiger partial charge is 0.302 e. The van der Waals surface area contributed by atoms with Crippen LogP contribution in [0.2, 0.25) is 0 Å². The van der Waals surface area contributed by atoms with Gasteiger partial charge in [0.25, 0.3) is 5.91 Å². The molecule has 0 saturated heterocycles. The van der Waals surface area contributed by atoms with Crippen LogP contribution in [0.3, 0.4) is 0 Å². The Bertz CT molecular complexity index is 1280. The molecule has 0 N–H and O–H groups in total. The number of hydrogen-bond acceptors (Lipinski definition) is 1. The zero-order chi connectivity index (χ0) is 23.1. The fourth-order valence-electron chi connectivity index (χ4n) is 5.51. The number of fused-ring (bicyclic) bond motifs is 1. The molecule has 0 spiro atoms. The lowest BCUT2D eigenvalue weighted by Gasteiger charge is -2.51. The van der Waals surface area contributed by atoms with Crippen LogP contribution in [0.4, 0.5) is 5.69 Å². The highest BCUT2D eigenvalue weighted by molar-refractivity contribution is 6.08.